The third-order valence-corrected chi connectivity index (χ3v) is 3.45. The van der Waals surface area contributed by atoms with E-state index in [-0.39, 0.29) is 5.92 Å². The zero-order valence-corrected chi connectivity index (χ0v) is 8.43. The highest BCUT2D eigenvalue weighted by Gasteiger charge is 2.51. The Morgan fingerprint density at radius 1 is 0.800 bits per heavy atom. The molecule has 2 aliphatic rings. The lowest BCUT2D eigenvalue weighted by molar-refractivity contribution is 0.473. The van der Waals surface area contributed by atoms with Gasteiger partial charge in [0.15, 0.2) is 0 Å². The summed E-state index contributed by atoms with van der Waals surface area (Å²) in [7, 11) is 0. The van der Waals surface area contributed by atoms with Crippen molar-refractivity contribution in [3.05, 3.63) is 60.2 Å². The van der Waals surface area contributed by atoms with Crippen molar-refractivity contribution >= 4 is 0 Å². The monoisotopic (exact) mass is 198 g/mol. The second kappa shape index (κ2) is 2.60. The van der Waals surface area contributed by atoms with Crippen LogP contribution in [0.15, 0.2) is 54.6 Å². The van der Waals surface area contributed by atoms with Gasteiger partial charge in [-0.1, -0.05) is 54.6 Å². The van der Waals surface area contributed by atoms with Gasteiger partial charge in [0.1, 0.15) is 0 Å². The Morgan fingerprint density at radius 2 is 1.27 bits per heavy atom. The molecule has 0 heterocycles. The maximum Gasteiger partial charge on any atom is 0.0620 e. The summed E-state index contributed by atoms with van der Waals surface area (Å²) in [6.45, 7) is 0. The summed E-state index contributed by atoms with van der Waals surface area (Å²) < 4.78 is 0. The molecule has 0 saturated carbocycles. The summed E-state index contributed by atoms with van der Waals surface area (Å²) in [5, 5.41) is 0. The van der Waals surface area contributed by atoms with E-state index in [9.17, 15) is 0 Å². The number of rotatable bonds is 1. The molecule has 0 atom stereocenters. The van der Waals surface area contributed by atoms with Crippen molar-refractivity contribution < 1.29 is 0 Å². The van der Waals surface area contributed by atoms with Crippen LogP contribution in [0.5, 0.6) is 0 Å². The van der Waals surface area contributed by atoms with Crippen molar-refractivity contribution in [2.24, 2.45) is 11.5 Å². The summed E-state index contributed by atoms with van der Waals surface area (Å²) in [5.74, 6) is 0.145. The fourth-order valence-corrected chi connectivity index (χ4v) is 2.73. The minimum absolute atomic E-state index is 0.145. The molecule has 76 valence electrons. The fraction of sp³-hybridized carbons (Fsp3) is 0.231. The zero-order chi connectivity index (χ0) is 10.5. The van der Waals surface area contributed by atoms with E-state index < -0.39 is 11.1 Å². The van der Waals surface area contributed by atoms with E-state index in [0.29, 0.717) is 0 Å². The molecule has 2 aliphatic carbocycles. The lowest BCUT2D eigenvalue weighted by atomic mass is 9.79. The van der Waals surface area contributed by atoms with Crippen molar-refractivity contribution in [3.63, 3.8) is 0 Å². The molecule has 2 nitrogen and oxygen atoms in total. The zero-order valence-electron chi connectivity index (χ0n) is 8.43. The first-order chi connectivity index (χ1) is 7.14. The van der Waals surface area contributed by atoms with Crippen LogP contribution in [0.2, 0.25) is 0 Å². The van der Waals surface area contributed by atoms with Gasteiger partial charge in [-0.15, -0.1) is 0 Å². The lowest BCUT2D eigenvalue weighted by Crippen LogP contribution is -2.46. The summed E-state index contributed by atoms with van der Waals surface area (Å²) in [6, 6.07) is 10.2. The van der Waals surface area contributed by atoms with Crippen LogP contribution in [0.1, 0.15) is 11.5 Å². The Hall–Kier alpha value is -1.38. The van der Waals surface area contributed by atoms with Crippen molar-refractivity contribution in [2.45, 2.75) is 17.0 Å². The number of benzene rings is 1. The smallest absolute Gasteiger partial charge is 0.0620 e. The molecular formula is C13H14N2. The maximum atomic E-state index is 6.31. The van der Waals surface area contributed by atoms with Crippen molar-refractivity contribution in [3.8, 4) is 0 Å². The fourth-order valence-electron chi connectivity index (χ4n) is 2.73. The van der Waals surface area contributed by atoms with Crippen molar-refractivity contribution in [1.29, 1.82) is 0 Å². The summed E-state index contributed by atoms with van der Waals surface area (Å²) in [4.78, 5) is 0. The first kappa shape index (κ1) is 8.89. The first-order valence-corrected chi connectivity index (χ1v) is 5.18. The molecule has 4 N–H and O–H groups in total. The third-order valence-electron chi connectivity index (χ3n) is 3.45. The molecule has 0 unspecified atom stereocenters. The highest BCUT2D eigenvalue weighted by Crippen LogP contribution is 2.48. The quantitative estimate of drug-likeness (QED) is 0.668. The van der Waals surface area contributed by atoms with Gasteiger partial charge in [0.2, 0.25) is 0 Å². The lowest BCUT2D eigenvalue weighted by Gasteiger charge is -2.30. The van der Waals surface area contributed by atoms with E-state index in [2.05, 4.69) is 12.1 Å². The van der Waals surface area contributed by atoms with E-state index in [1.54, 1.807) is 0 Å². The minimum atomic E-state index is -0.393. The molecule has 0 saturated heterocycles. The summed E-state index contributed by atoms with van der Waals surface area (Å²) >= 11 is 0. The van der Waals surface area contributed by atoms with Gasteiger partial charge in [0.25, 0.3) is 0 Å². The molecule has 1 aromatic carbocycles. The maximum absolute atomic E-state index is 6.31. The van der Waals surface area contributed by atoms with Crippen LogP contribution in [-0.2, 0) is 0 Å². The van der Waals surface area contributed by atoms with Gasteiger partial charge in [-0.2, -0.15) is 0 Å². The van der Waals surface area contributed by atoms with Crippen LogP contribution in [-0.4, -0.2) is 11.1 Å². The highest BCUT2D eigenvalue weighted by atomic mass is 14.9. The third kappa shape index (κ3) is 1.06. The molecular weight excluding hydrogens is 184 g/mol. The first-order valence-electron chi connectivity index (χ1n) is 5.18. The average molecular weight is 198 g/mol. The topological polar surface area (TPSA) is 52.0 Å². The Kier molecular flexibility index (Phi) is 1.54. The van der Waals surface area contributed by atoms with Gasteiger partial charge >= 0.3 is 0 Å². The standard InChI is InChI=1S/C13H14N2/c14-12-6-7-13(15,9-8-12)11(12)10-4-2-1-3-5-10/h1-9,11H,14-15H2. The second-order valence-corrected chi connectivity index (χ2v) is 4.51. The van der Waals surface area contributed by atoms with E-state index in [1.807, 2.05) is 42.5 Å². The molecule has 0 spiro atoms. The second-order valence-electron chi connectivity index (χ2n) is 4.51. The predicted molar refractivity (Wildman–Crippen MR) is 61.3 cm³/mol. The molecule has 0 radical (unpaired) electrons. The van der Waals surface area contributed by atoms with Gasteiger partial charge in [-0.25, -0.2) is 0 Å². The molecule has 2 bridgehead atoms. The molecule has 0 fully saturated rings. The van der Waals surface area contributed by atoms with Gasteiger partial charge in [-0.05, 0) is 5.56 Å². The SMILES string of the molecule is NC12C=CC(N)(C=C1)C2c1ccccc1. The van der Waals surface area contributed by atoms with Crippen LogP contribution in [0.3, 0.4) is 0 Å². The average Bonchev–Trinajstić information content (AvgIpc) is 2.66. The van der Waals surface area contributed by atoms with Gasteiger partial charge in [0.05, 0.1) is 11.1 Å². The summed E-state index contributed by atoms with van der Waals surface area (Å²) in [5.41, 5.74) is 13.0. The van der Waals surface area contributed by atoms with E-state index >= 15 is 0 Å². The van der Waals surface area contributed by atoms with Crippen LogP contribution in [0, 0.1) is 0 Å². The largest absolute Gasteiger partial charge is 0.318 e. The van der Waals surface area contributed by atoms with E-state index in [0.717, 1.165) is 0 Å². The van der Waals surface area contributed by atoms with Crippen LogP contribution in [0.25, 0.3) is 0 Å². The Balaban J connectivity index is 2.11. The molecule has 3 rings (SSSR count). The van der Waals surface area contributed by atoms with E-state index in [1.165, 1.54) is 5.56 Å². The van der Waals surface area contributed by atoms with Crippen LogP contribution < -0.4 is 11.5 Å². The number of nitrogens with two attached hydrogens (primary N) is 2. The van der Waals surface area contributed by atoms with Crippen LogP contribution >= 0.6 is 0 Å². The predicted octanol–water partition coefficient (Wildman–Crippen LogP) is 1.30. The van der Waals surface area contributed by atoms with E-state index in [4.69, 9.17) is 11.5 Å². The molecule has 2 heteroatoms. The number of hydrogen-bond donors (Lipinski definition) is 2. The Bertz CT molecular complexity index is 409. The van der Waals surface area contributed by atoms with Gasteiger partial charge in [-0.3, -0.25) is 0 Å². The minimum Gasteiger partial charge on any atom is -0.318 e. The normalized spacial score (nSPS) is 41.3. The van der Waals surface area contributed by atoms with Crippen molar-refractivity contribution in [2.75, 3.05) is 0 Å². The Labute approximate surface area is 89.3 Å². The highest BCUT2D eigenvalue weighted by molar-refractivity contribution is 5.53. The van der Waals surface area contributed by atoms with Crippen LogP contribution in [0.4, 0.5) is 0 Å². The molecule has 0 amide bonds. The summed E-state index contributed by atoms with van der Waals surface area (Å²) in [6.07, 6.45) is 8.07. The number of fused-ring (bicyclic) bond motifs is 2. The van der Waals surface area contributed by atoms with Crippen molar-refractivity contribution in [1.82, 2.24) is 0 Å². The Morgan fingerprint density at radius 3 is 1.73 bits per heavy atom. The number of hydrogen-bond acceptors (Lipinski definition) is 2. The van der Waals surface area contributed by atoms with Gasteiger partial charge in [0, 0.05) is 5.92 Å². The molecule has 0 aromatic heterocycles. The molecule has 15 heavy (non-hydrogen) atoms. The molecule has 1 aromatic rings. The molecule has 0 aliphatic heterocycles. The van der Waals surface area contributed by atoms with Gasteiger partial charge < -0.3 is 11.5 Å².